The van der Waals surface area contributed by atoms with Crippen molar-refractivity contribution in [2.24, 2.45) is 4.99 Å². The number of nitrogens with zero attached hydrogens (tertiary/aromatic N) is 1. The number of aliphatic imine (C=N–C) groups is 1. The number of ether oxygens (including phenoxy) is 1. The molecule has 0 aliphatic carbocycles. The van der Waals surface area contributed by atoms with Crippen LogP contribution in [0.5, 0.6) is 0 Å². The van der Waals surface area contributed by atoms with Crippen LogP contribution in [0, 0.1) is 11.6 Å². The van der Waals surface area contributed by atoms with E-state index in [1.165, 1.54) is 23.9 Å². The predicted octanol–water partition coefficient (Wildman–Crippen LogP) is 4.37. The van der Waals surface area contributed by atoms with Gasteiger partial charge in [-0.1, -0.05) is 35.0 Å². The second-order valence-corrected chi connectivity index (χ2v) is 7.82. The average molecular weight is 447 g/mol. The first-order valence-corrected chi connectivity index (χ1v) is 9.74. The number of rotatable bonds is 5. The van der Waals surface area contributed by atoms with Gasteiger partial charge in [0, 0.05) is 11.4 Å². The van der Waals surface area contributed by atoms with Gasteiger partial charge in [-0.25, -0.2) is 18.6 Å². The van der Waals surface area contributed by atoms with Gasteiger partial charge in [-0.3, -0.25) is 0 Å². The number of aliphatic hydroxyl groups excluding tert-OH is 1. The monoisotopic (exact) mass is 446 g/mol. The minimum atomic E-state index is -1.06. The summed E-state index contributed by atoms with van der Waals surface area (Å²) in [7, 11) is 0. The van der Waals surface area contributed by atoms with Gasteiger partial charge in [-0.05, 0) is 36.4 Å². The molecule has 3 rings (SSSR count). The number of aliphatic hydroxyl groups is 1. The fourth-order valence-electron chi connectivity index (χ4n) is 2.36. The van der Waals surface area contributed by atoms with E-state index in [1.54, 1.807) is 12.1 Å². The number of halogens is 4. The van der Waals surface area contributed by atoms with Crippen LogP contribution in [0.2, 0.25) is 10.0 Å². The number of benzene rings is 2. The van der Waals surface area contributed by atoms with E-state index in [9.17, 15) is 18.7 Å². The Kier molecular flexibility index (Phi) is 6.44. The van der Waals surface area contributed by atoms with Crippen LogP contribution >= 0.6 is 35.0 Å². The Bertz CT molecular complexity index is 928. The lowest BCUT2D eigenvalue weighted by Crippen LogP contribution is -2.38. The zero-order valence-electron chi connectivity index (χ0n) is 14.2. The molecule has 0 saturated carbocycles. The lowest BCUT2D eigenvalue weighted by Gasteiger charge is -2.22. The summed E-state index contributed by atoms with van der Waals surface area (Å²) in [6.45, 7) is -0.602. The molecule has 28 heavy (non-hydrogen) atoms. The molecule has 1 aliphatic heterocycles. The van der Waals surface area contributed by atoms with Crippen LogP contribution in [0.15, 0.2) is 41.4 Å². The maximum absolute atomic E-state index is 13.6. The van der Waals surface area contributed by atoms with E-state index < -0.39 is 17.3 Å². The first-order valence-electron chi connectivity index (χ1n) is 8.00. The molecule has 0 bridgehead atoms. The van der Waals surface area contributed by atoms with Gasteiger partial charge >= 0.3 is 5.97 Å². The van der Waals surface area contributed by atoms with E-state index in [0.717, 1.165) is 12.1 Å². The Morgan fingerprint density at radius 2 is 1.96 bits per heavy atom. The SMILES string of the molecule is O=C(OCC1(CO)CSC(Nc2ccc(F)cc2)=N1)c1cc(F)c(Cl)cc1Cl. The van der Waals surface area contributed by atoms with Crippen molar-refractivity contribution in [1.29, 1.82) is 0 Å². The predicted molar refractivity (Wildman–Crippen MR) is 106 cm³/mol. The molecule has 2 aromatic carbocycles. The fraction of sp³-hybridized carbons (Fsp3) is 0.222. The number of carbonyl (C=O) groups excluding carboxylic acids is 1. The Morgan fingerprint density at radius 3 is 2.64 bits per heavy atom. The number of hydrogen-bond acceptors (Lipinski definition) is 6. The van der Waals surface area contributed by atoms with Crippen molar-refractivity contribution in [2.75, 3.05) is 24.3 Å². The molecule has 1 aliphatic rings. The van der Waals surface area contributed by atoms with Gasteiger partial charge in [0.15, 0.2) is 5.17 Å². The van der Waals surface area contributed by atoms with Gasteiger partial charge in [0.05, 0.1) is 22.2 Å². The number of thioether (sulfide) groups is 1. The Hall–Kier alpha value is -1.87. The molecule has 10 heteroatoms. The summed E-state index contributed by atoms with van der Waals surface area (Å²) in [4.78, 5) is 16.6. The van der Waals surface area contributed by atoms with E-state index in [1.807, 2.05) is 0 Å². The number of anilines is 1. The highest BCUT2D eigenvalue weighted by Crippen LogP contribution is 2.30. The van der Waals surface area contributed by atoms with Gasteiger partial charge in [0.25, 0.3) is 0 Å². The minimum absolute atomic E-state index is 0.0441. The fourth-order valence-corrected chi connectivity index (χ4v) is 3.91. The first kappa shape index (κ1) is 20.9. The van der Waals surface area contributed by atoms with E-state index in [-0.39, 0.29) is 34.6 Å². The summed E-state index contributed by atoms with van der Waals surface area (Å²) in [5.74, 6) is -1.66. The van der Waals surface area contributed by atoms with Crippen molar-refractivity contribution in [2.45, 2.75) is 5.54 Å². The Balaban J connectivity index is 1.68. The molecule has 2 aromatic rings. The van der Waals surface area contributed by atoms with Crippen LogP contribution in [-0.4, -0.2) is 40.7 Å². The molecule has 0 radical (unpaired) electrons. The highest BCUT2D eigenvalue weighted by Gasteiger charge is 2.37. The van der Waals surface area contributed by atoms with Gasteiger partial charge in [0.2, 0.25) is 0 Å². The smallest absolute Gasteiger partial charge is 0.339 e. The molecular weight excluding hydrogens is 433 g/mol. The lowest BCUT2D eigenvalue weighted by molar-refractivity contribution is 0.0370. The lowest BCUT2D eigenvalue weighted by atomic mass is 10.1. The minimum Gasteiger partial charge on any atom is -0.459 e. The summed E-state index contributed by atoms with van der Waals surface area (Å²) < 4.78 is 31.8. The van der Waals surface area contributed by atoms with Crippen molar-refractivity contribution in [3.05, 3.63) is 63.6 Å². The molecule has 0 amide bonds. The second-order valence-electron chi connectivity index (χ2n) is 6.04. The summed E-state index contributed by atoms with van der Waals surface area (Å²) in [5, 5.41) is 13.0. The van der Waals surface area contributed by atoms with E-state index >= 15 is 0 Å². The van der Waals surface area contributed by atoms with Crippen LogP contribution in [0.1, 0.15) is 10.4 Å². The molecule has 0 spiro atoms. The number of nitrogens with one attached hydrogen (secondary N) is 1. The maximum atomic E-state index is 13.6. The molecule has 2 N–H and O–H groups in total. The number of carbonyl (C=O) groups is 1. The average Bonchev–Trinajstić information content (AvgIpc) is 3.08. The van der Waals surface area contributed by atoms with E-state index in [4.69, 9.17) is 27.9 Å². The summed E-state index contributed by atoms with van der Waals surface area (Å²) in [6, 6.07) is 7.72. The highest BCUT2D eigenvalue weighted by molar-refractivity contribution is 8.14. The third-order valence-electron chi connectivity index (χ3n) is 3.91. The molecule has 0 fully saturated rings. The van der Waals surface area contributed by atoms with E-state index in [2.05, 4.69) is 10.3 Å². The Morgan fingerprint density at radius 1 is 1.25 bits per heavy atom. The van der Waals surface area contributed by atoms with Gasteiger partial charge in [-0.2, -0.15) is 0 Å². The molecule has 0 aromatic heterocycles. The third-order valence-corrected chi connectivity index (χ3v) is 5.66. The van der Waals surface area contributed by atoms with Gasteiger partial charge in [0.1, 0.15) is 23.8 Å². The molecule has 0 saturated heterocycles. The molecular formula is C18H14Cl2F2N2O3S. The van der Waals surface area contributed by atoms with Crippen molar-refractivity contribution in [3.8, 4) is 0 Å². The van der Waals surface area contributed by atoms with Gasteiger partial charge in [-0.15, -0.1) is 0 Å². The number of esters is 1. The number of amidine groups is 1. The van der Waals surface area contributed by atoms with Crippen LogP contribution in [0.4, 0.5) is 14.5 Å². The maximum Gasteiger partial charge on any atom is 0.339 e. The molecule has 148 valence electrons. The standard InChI is InChI=1S/C18H14Cl2F2N2O3S/c19-13-6-14(20)15(22)5-12(13)16(26)27-8-18(7-25)9-28-17(24-18)23-11-3-1-10(21)2-4-11/h1-6,25H,7-9H2,(H,23,24). The highest BCUT2D eigenvalue weighted by atomic mass is 35.5. The number of hydrogen-bond donors (Lipinski definition) is 2. The van der Waals surface area contributed by atoms with Crippen molar-refractivity contribution in [3.63, 3.8) is 0 Å². The summed E-state index contributed by atoms with van der Waals surface area (Å²) in [6.07, 6.45) is 0. The van der Waals surface area contributed by atoms with E-state index in [0.29, 0.717) is 16.6 Å². The largest absolute Gasteiger partial charge is 0.459 e. The van der Waals surface area contributed by atoms with Gasteiger partial charge < -0.3 is 15.2 Å². The van der Waals surface area contributed by atoms with Crippen LogP contribution in [0.25, 0.3) is 0 Å². The second kappa shape index (κ2) is 8.65. The quantitative estimate of drug-likeness (QED) is 0.526. The van der Waals surface area contributed by atoms with Crippen molar-refractivity contribution >= 4 is 51.8 Å². The Labute approximate surface area is 173 Å². The van der Waals surface area contributed by atoms with Crippen molar-refractivity contribution < 1.29 is 23.4 Å². The van der Waals surface area contributed by atoms with Crippen LogP contribution < -0.4 is 5.32 Å². The van der Waals surface area contributed by atoms with Crippen LogP contribution in [-0.2, 0) is 4.74 Å². The normalized spacial score (nSPS) is 18.7. The summed E-state index contributed by atoms with van der Waals surface area (Å²) >= 11 is 12.8. The van der Waals surface area contributed by atoms with Crippen molar-refractivity contribution in [1.82, 2.24) is 0 Å². The first-order chi connectivity index (χ1) is 13.3. The zero-order chi connectivity index (χ0) is 20.3. The molecule has 1 atom stereocenters. The summed E-state index contributed by atoms with van der Waals surface area (Å²) in [5.41, 5.74) is -0.599. The molecule has 1 heterocycles. The third kappa shape index (κ3) is 4.75. The topological polar surface area (TPSA) is 70.9 Å². The molecule has 5 nitrogen and oxygen atoms in total. The van der Waals surface area contributed by atoms with Crippen LogP contribution in [0.3, 0.4) is 0 Å². The molecule has 1 unspecified atom stereocenters. The zero-order valence-corrected chi connectivity index (χ0v) is 16.5.